The predicted octanol–water partition coefficient (Wildman–Crippen LogP) is 0.442. The van der Waals surface area contributed by atoms with E-state index in [1.165, 1.54) is 11.1 Å². The third-order valence-electron chi connectivity index (χ3n) is 3.12. The van der Waals surface area contributed by atoms with E-state index >= 15 is 0 Å². The molecule has 0 saturated heterocycles. The SMILES string of the molecule is NC1=NCC2(Cc3ccccc3C2)N1. The summed E-state index contributed by atoms with van der Waals surface area (Å²) >= 11 is 0. The maximum absolute atomic E-state index is 5.66. The predicted molar refractivity (Wildman–Crippen MR) is 56.2 cm³/mol. The van der Waals surface area contributed by atoms with Gasteiger partial charge in [0.05, 0.1) is 12.1 Å². The number of hydrogen-bond acceptors (Lipinski definition) is 3. The minimum Gasteiger partial charge on any atom is -0.370 e. The van der Waals surface area contributed by atoms with Crippen LogP contribution in [0, 0.1) is 0 Å². The number of nitrogens with two attached hydrogens (primary N) is 1. The first-order valence-corrected chi connectivity index (χ1v) is 4.92. The van der Waals surface area contributed by atoms with Crippen LogP contribution < -0.4 is 11.1 Å². The molecular weight excluding hydrogens is 174 g/mol. The number of fused-ring (bicyclic) bond motifs is 1. The van der Waals surface area contributed by atoms with Gasteiger partial charge in [-0.05, 0) is 24.0 Å². The van der Waals surface area contributed by atoms with Gasteiger partial charge < -0.3 is 11.1 Å². The van der Waals surface area contributed by atoms with E-state index in [0.29, 0.717) is 5.96 Å². The summed E-state index contributed by atoms with van der Waals surface area (Å²) in [6, 6.07) is 8.58. The van der Waals surface area contributed by atoms with Gasteiger partial charge in [-0.2, -0.15) is 0 Å². The number of rotatable bonds is 0. The maximum Gasteiger partial charge on any atom is 0.189 e. The van der Waals surface area contributed by atoms with E-state index in [1.807, 2.05) is 0 Å². The van der Waals surface area contributed by atoms with Crippen LogP contribution in [0.3, 0.4) is 0 Å². The van der Waals surface area contributed by atoms with Gasteiger partial charge in [0.25, 0.3) is 0 Å². The Hall–Kier alpha value is -1.51. The standard InChI is InChI=1S/C11H13N3/c12-10-13-7-11(14-10)5-8-3-1-2-4-9(8)6-11/h1-4H,5-7H2,(H3,12,13,14). The average molecular weight is 187 g/mol. The Morgan fingerprint density at radius 2 is 1.86 bits per heavy atom. The van der Waals surface area contributed by atoms with Gasteiger partial charge in [-0.25, -0.2) is 0 Å². The van der Waals surface area contributed by atoms with Crippen molar-refractivity contribution in [3.63, 3.8) is 0 Å². The van der Waals surface area contributed by atoms with Gasteiger partial charge in [0.1, 0.15) is 0 Å². The first-order valence-electron chi connectivity index (χ1n) is 4.92. The molecule has 0 fully saturated rings. The Morgan fingerprint density at radius 3 is 2.36 bits per heavy atom. The third-order valence-corrected chi connectivity index (χ3v) is 3.12. The maximum atomic E-state index is 5.66. The van der Waals surface area contributed by atoms with E-state index in [-0.39, 0.29) is 5.54 Å². The minimum absolute atomic E-state index is 0.0910. The van der Waals surface area contributed by atoms with Crippen LogP contribution in [0.2, 0.25) is 0 Å². The molecule has 2 aliphatic rings. The van der Waals surface area contributed by atoms with Gasteiger partial charge in [-0.3, -0.25) is 4.99 Å². The first-order chi connectivity index (χ1) is 6.77. The zero-order chi connectivity index (χ0) is 9.60. The van der Waals surface area contributed by atoms with E-state index in [0.717, 1.165) is 19.4 Å². The van der Waals surface area contributed by atoms with Gasteiger partial charge in [-0.15, -0.1) is 0 Å². The lowest BCUT2D eigenvalue weighted by Gasteiger charge is -2.22. The molecule has 72 valence electrons. The molecular formula is C11H13N3. The fraction of sp³-hybridized carbons (Fsp3) is 0.364. The molecule has 3 nitrogen and oxygen atoms in total. The van der Waals surface area contributed by atoms with Crippen molar-refractivity contribution in [3.8, 4) is 0 Å². The monoisotopic (exact) mass is 187 g/mol. The van der Waals surface area contributed by atoms with Crippen molar-refractivity contribution in [1.29, 1.82) is 0 Å². The van der Waals surface area contributed by atoms with Crippen LogP contribution in [-0.2, 0) is 12.8 Å². The molecule has 0 unspecified atom stereocenters. The van der Waals surface area contributed by atoms with Crippen molar-refractivity contribution in [2.75, 3.05) is 6.54 Å². The largest absolute Gasteiger partial charge is 0.370 e. The number of aliphatic imine (C=N–C) groups is 1. The van der Waals surface area contributed by atoms with Gasteiger partial charge in [0.15, 0.2) is 5.96 Å². The lowest BCUT2D eigenvalue weighted by atomic mass is 9.97. The molecule has 14 heavy (non-hydrogen) atoms. The summed E-state index contributed by atoms with van der Waals surface area (Å²) in [5.74, 6) is 0.595. The highest BCUT2D eigenvalue weighted by Gasteiger charge is 2.40. The summed E-state index contributed by atoms with van der Waals surface area (Å²) in [5.41, 5.74) is 8.62. The van der Waals surface area contributed by atoms with E-state index in [9.17, 15) is 0 Å². The van der Waals surface area contributed by atoms with Crippen LogP contribution in [0.5, 0.6) is 0 Å². The molecule has 1 aromatic carbocycles. The third kappa shape index (κ3) is 1.02. The lowest BCUT2D eigenvalue weighted by molar-refractivity contribution is 0.436. The highest BCUT2D eigenvalue weighted by Crippen LogP contribution is 2.31. The van der Waals surface area contributed by atoms with Crippen molar-refractivity contribution in [2.45, 2.75) is 18.4 Å². The molecule has 0 amide bonds. The second kappa shape index (κ2) is 2.50. The van der Waals surface area contributed by atoms with Gasteiger partial charge in [0.2, 0.25) is 0 Å². The van der Waals surface area contributed by atoms with E-state index in [2.05, 4.69) is 34.6 Å². The molecule has 3 rings (SSSR count). The van der Waals surface area contributed by atoms with Crippen LogP contribution >= 0.6 is 0 Å². The van der Waals surface area contributed by atoms with E-state index in [1.54, 1.807) is 0 Å². The van der Waals surface area contributed by atoms with Crippen LogP contribution in [0.25, 0.3) is 0 Å². The molecule has 0 aromatic heterocycles. The smallest absolute Gasteiger partial charge is 0.189 e. The Balaban J connectivity index is 1.92. The van der Waals surface area contributed by atoms with Crippen molar-refractivity contribution >= 4 is 5.96 Å². The fourth-order valence-corrected chi connectivity index (χ4v) is 2.48. The molecule has 1 spiro atoms. The minimum atomic E-state index is 0.0910. The number of benzene rings is 1. The van der Waals surface area contributed by atoms with Crippen molar-refractivity contribution < 1.29 is 0 Å². The Morgan fingerprint density at radius 1 is 1.21 bits per heavy atom. The topological polar surface area (TPSA) is 50.4 Å². The number of nitrogens with one attached hydrogen (secondary N) is 1. The molecule has 3 N–H and O–H groups in total. The molecule has 0 bridgehead atoms. The normalized spacial score (nSPS) is 21.9. The number of hydrogen-bond donors (Lipinski definition) is 2. The van der Waals surface area contributed by atoms with Crippen molar-refractivity contribution in [3.05, 3.63) is 35.4 Å². The fourth-order valence-electron chi connectivity index (χ4n) is 2.48. The second-order valence-electron chi connectivity index (χ2n) is 4.23. The van der Waals surface area contributed by atoms with Crippen molar-refractivity contribution in [1.82, 2.24) is 5.32 Å². The Labute approximate surface area is 83.0 Å². The molecule has 0 radical (unpaired) electrons. The molecule has 3 heteroatoms. The summed E-state index contributed by atoms with van der Waals surface area (Å²) in [7, 11) is 0. The van der Waals surface area contributed by atoms with Crippen LogP contribution in [0.15, 0.2) is 29.3 Å². The van der Waals surface area contributed by atoms with Crippen LogP contribution in [-0.4, -0.2) is 18.0 Å². The van der Waals surface area contributed by atoms with Crippen LogP contribution in [0.4, 0.5) is 0 Å². The molecule has 1 aliphatic carbocycles. The molecule has 0 saturated carbocycles. The molecule has 0 atom stereocenters. The molecule has 1 aromatic rings. The quantitative estimate of drug-likeness (QED) is 0.619. The highest BCUT2D eigenvalue weighted by molar-refractivity contribution is 5.81. The zero-order valence-electron chi connectivity index (χ0n) is 7.96. The highest BCUT2D eigenvalue weighted by atomic mass is 15.2. The molecule has 1 aliphatic heterocycles. The lowest BCUT2D eigenvalue weighted by Crippen LogP contribution is -2.48. The molecule has 1 heterocycles. The first kappa shape index (κ1) is 7.85. The Bertz CT molecular complexity index is 384. The Kier molecular flexibility index (Phi) is 1.40. The zero-order valence-corrected chi connectivity index (χ0v) is 7.96. The summed E-state index contributed by atoms with van der Waals surface area (Å²) < 4.78 is 0. The van der Waals surface area contributed by atoms with Gasteiger partial charge >= 0.3 is 0 Å². The summed E-state index contributed by atoms with van der Waals surface area (Å²) in [4.78, 5) is 4.24. The average Bonchev–Trinajstić information content (AvgIpc) is 2.69. The van der Waals surface area contributed by atoms with Gasteiger partial charge in [-0.1, -0.05) is 24.3 Å². The summed E-state index contributed by atoms with van der Waals surface area (Å²) in [5, 5.41) is 3.30. The second-order valence-corrected chi connectivity index (χ2v) is 4.23. The van der Waals surface area contributed by atoms with E-state index in [4.69, 9.17) is 5.73 Å². The number of nitrogens with zero attached hydrogens (tertiary/aromatic N) is 1. The summed E-state index contributed by atoms with van der Waals surface area (Å²) in [6.45, 7) is 0.813. The van der Waals surface area contributed by atoms with Gasteiger partial charge in [0, 0.05) is 0 Å². The van der Waals surface area contributed by atoms with E-state index < -0.39 is 0 Å². The summed E-state index contributed by atoms with van der Waals surface area (Å²) in [6.07, 6.45) is 2.10. The van der Waals surface area contributed by atoms with Crippen LogP contribution in [0.1, 0.15) is 11.1 Å². The van der Waals surface area contributed by atoms with Crippen molar-refractivity contribution in [2.24, 2.45) is 10.7 Å². The number of guanidine groups is 1.